The van der Waals surface area contributed by atoms with E-state index in [0.717, 1.165) is 55.1 Å². The van der Waals surface area contributed by atoms with Gasteiger partial charge in [0.15, 0.2) is 5.13 Å². The molecule has 8 heteroatoms. The van der Waals surface area contributed by atoms with E-state index in [0.29, 0.717) is 23.6 Å². The molecule has 0 saturated carbocycles. The third-order valence-electron chi connectivity index (χ3n) is 6.61. The highest BCUT2D eigenvalue weighted by Gasteiger charge is 2.25. The molecule has 0 atom stereocenters. The Morgan fingerprint density at radius 2 is 1.65 bits per heavy atom. The first-order valence-corrected chi connectivity index (χ1v) is 13.3. The number of hydrogen-bond acceptors (Lipinski definition) is 5. The molecule has 0 radical (unpaired) electrons. The van der Waals surface area contributed by atoms with Gasteiger partial charge in [0.05, 0.1) is 23.4 Å². The number of morpholine rings is 1. The average molecular weight is 540 g/mol. The van der Waals surface area contributed by atoms with Crippen LogP contribution in [0.15, 0.2) is 78.9 Å². The highest BCUT2D eigenvalue weighted by molar-refractivity contribution is 7.22. The van der Waals surface area contributed by atoms with Crippen molar-refractivity contribution in [1.82, 2.24) is 9.88 Å². The molecule has 0 N–H and O–H groups in total. The lowest BCUT2D eigenvalue weighted by Gasteiger charge is -2.28. The lowest BCUT2D eigenvalue weighted by atomic mass is 9.88. The molecule has 5 rings (SSSR count). The van der Waals surface area contributed by atoms with Gasteiger partial charge in [0, 0.05) is 38.5 Å². The van der Waals surface area contributed by atoms with Crippen molar-refractivity contribution < 1.29 is 13.9 Å². The molecule has 194 valence electrons. The molecule has 1 amide bonds. The normalized spacial score (nSPS) is 14.0. The largest absolute Gasteiger partial charge is 0.379 e. The van der Waals surface area contributed by atoms with Crippen molar-refractivity contribution in [3.8, 4) is 0 Å². The zero-order valence-electron chi connectivity index (χ0n) is 20.6. The van der Waals surface area contributed by atoms with Gasteiger partial charge in [-0.2, -0.15) is 0 Å². The minimum Gasteiger partial charge on any atom is -0.379 e. The van der Waals surface area contributed by atoms with Crippen molar-refractivity contribution in [1.29, 1.82) is 0 Å². The number of carbonyl (C=O) groups excluding carboxylic acids is 1. The maximum Gasteiger partial charge on any atom is 0.229 e. The number of carbonyl (C=O) groups is 1. The molecule has 0 bridgehead atoms. The number of amides is 1. The van der Waals surface area contributed by atoms with Crippen molar-refractivity contribution in [3.63, 3.8) is 0 Å². The van der Waals surface area contributed by atoms with E-state index in [-0.39, 0.29) is 30.0 Å². The Morgan fingerprint density at radius 1 is 1.00 bits per heavy atom. The molecule has 0 spiro atoms. The Kier molecular flexibility index (Phi) is 9.63. The van der Waals surface area contributed by atoms with Crippen molar-refractivity contribution in [2.75, 3.05) is 44.3 Å². The van der Waals surface area contributed by atoms with Gasteiger partial charge in [-0.15, -0.1) is 12.4 Å². The SMILES string of the molecule is Cl.O=C(CC(c1ccccc1)c1ccccc1)N(CCCN1CCOCC1)c1nc2ccc(F)cc2s1. The number of aromatic nitrogens is 1. The number of thiazole rings is 1. The number of ether oxygens (including phenoxy) is 1. The molecule has 5 nitrogen and oxygen atoms in total. The number of anilines is 1. The average Bonchev–Trinajstić information content (AvgIpc) is 3.34. The van der Waals surface area contributed by atoms with Gasteiger partial charge in [0.2, 0.25) is 5.91 Å². The molecule has 37 heavy (non-hydrogen) atoms. The van der Waals surface area contributed by atoms with Crippen molar-refractivity contribution in [3.05, 3.63) is 95.8 Å². The van der Waals surface area contributed by atoms with E-state index in [4.69, 9.17) is 9.72 Å². The minimum absolute atomic E-state index is 0. The summed E-state index contributed by atoms with van der Waals surface area (Å²) in [6.45, 7) is 4.79. The molecule has 1 aliphatic rings. The van der Waals surface area contributed by atoms with E-state index in [1.807, 2.05) is 41.3 Å². The lowest BCUT2D eigenvalue weighted by molar-refractivity contribution is -0.118. The second-order valence-electron chi connectivity index (χ2n) is 9.04. The second-order valence-corrected chi connectivity index (χ2v) is 10.0. The Labute approximate surface area is 227 Å². The number of hydrogen-bond donors (Lipinski definition) is 0. The van der Waals surface area contributed by atoms with Crippen LogP contribution in [0.2, 0.25) is 0 Å². The molecule has 2 heterocycles. The fourth-order valence-corrected chi connectivity index (χ4v) is 5.72. The van der Waals surface area contributed by atoms with Gasteiger partial charge in [-0.1, -0.05) is 72.0 Å². The van der Waals surface area contributed by atoms with Crippen LogP contribution >= 0.6 is 23.7 Å². The standard InChI is InChI=1S/C29H30FN3O2S.ClH/c30-24-12-13-26-27(20-24)36-29(31-26)33(15-7-14-32-16-18-35-19-17-32)28(34)21-25(22-8-3-1-4-9-22)23-10-5-2-6-11-23;/h1-6,8-13,20,25H,7,14-19,21H2;1H. The minimum atomic E-state index is -0.295. The van der Waals surface area contributed by atoms with Gasteiger partial charge >= 0.3 is 0 Å². The van der Waals surface area contributed by atoms with E-state index >= 15 is 0 Å². The van der Waals surface area contributed by atoms with Crippen LogP contribution in [0.3, 0.4) is 0 Å². The zero-order valence-corrected chi connectivity index (χ0v) is 22.2. The summed E-state index contributed by atoms with van der Waals surface area (Å²) in [5.41, 5.74) is 2.93. The summed E-state index contributed by atoms with van der Waals surface area (Å²) < 4.78 is 20.1. The molecule has 0 aliphatic carbocycles. The number of benzene rings is 3. The number of fused-ring (bicyclic) bond motifs is 1. The summed E-state index contributed by atoms with van der Waals surface area (Å²) in [7, 11) is 0. The molecule has 1 aliphatic heterocycles. The summed E-state index contributed by atoms with van der Waals surface area (Å²) in [4.78, 5) is 22.8. The third-order valence-corrected chi connectivity index (χ3v) is 7.65. The molecular formula is C29H31ClFN3O2S. The van der Waals surface area contributed by atoms with E-state index in [1.165, 1.54) is 23.5 Å². The summed E-state index contributed by atoms with van der Waals surface area (Å²) in [6, 6.07) is 24.9. The maximum atomic E-state index is 13.9. The highest BCUT2D eigenvalue weighted by atomic mass is 35.5. The van der Waals surface area contributed by atoms with E-state index in [9.17, 15) is 9.18 Å². The first-order chi connectivity index (χ1) is 17.7. The van der Waals surface area contributed by atoms with Crippen LogP contribution in [0.4, 0.5) is 9.52 Å². The van der Waals surface area contributed by atoms with Crippen LogP contribution in [0, 0.1) is 5.82 Å². The zero-order chi connectivity index (χ0) is 24.7. The Bertz CT molecular complexity index is 1240. The van der Waals surface area contributed by atoms with Crippen LogP contribution in [-0.4, -0.2) is 55.2 Å². The van der Waals surface area contributed by atoms with Gasteiger partial charge < -0.3 is 4.74 Å². The summed E-state index contributed by atoms with van der Waals surface area (Å²) in [6.07, 6.45) is 1.16. The van der Waals surface area contributed by atoms with Crippen LogP contribution in [0.1, 0.15) is 29.9 Å². The quantitative estimate of drug-likeness (QED) is 0.256. The van der Waals surface area contributed by atoms with E-state index < -0.39 is 0 Å². The van der Waals surface area contributed by atoms with E-state index in [2.05, 4.69) is 29.2 Å². The van der Waals surface area contributed by atoms with Crippen molar-refractivity contribution in [2.45, 2.75) is 18.8 Å². The predicted molar refractivity (Wildman–Crippen MR) is 150 cm³/mol. The van der Waals surface area contributed by atoms with Crippen LogP contribution in [-0.2, 0) is 9.53 Å². The molecule has 1 fully saturated rings. The Morgan fingerprint density at radius 3 is 2.30 bits per heavy atom. The van der Waals surface area contributed by atoms with Crippen molar-refractivity contribution >= 4 is 45.0 Å². The summed E-state index contributed by atoms with van der Waals surface area (Å²) in [5.74, 6) is -0.334. The van der Waals surface area contributed by atoms with Gasteiger partial charge in [-0.3, -0.25) is 14.6 Å². The van der Waals surface area contributed by atoms with Gasteiger partial charge in [0.1, 0.15) is 5.82 Å². The van der Waals surface area contributed by atoms with Crippen LogP contribution in [0.5, 0.6) is 0 Å². The topological polar surface area (TPSA) is 45.7 Å². The third kappa shape index (κ3) is 6.93. The second kappa shape index (κ2) is 13.1. The molecule has 1 aromatic heterocycles. The summed E-state index contributed by atoms with van der Waals surface area (Å²) >= 11 is 1.37. The van der Waals surface area contributed by atoms with Gasteiger partial charge in [0.25, 0.3) is 0 Å². The van der Waals surface area contributed by atoms with E-state index in [1.54, 1.807) is 6.07 Å². The fraction of sp³-hybridized carbons (Fsp3) is 0.310. The maximum absolute atomic E-state index is 13.9. The highest BCUT2D eigenvalue weighted by Crippen LogP contribution is 2.33. The van der Waals surface area contributed by atoms with Gasteiger partial charge in [-0.25, -0.2) is 9.37 Å². The number of rotatable bonds is 9. The molecule has 0 unspecified atom stereocenters. The Balaban J connectivity index is 0.00000320. The molecule has 4 aromatic rings. The monoisotopic (exact) mass is 539 g/mol. The van der Waals surface area contributed by atoms with Crippen molar-refractivity contribution in [2.24, 2.45) is 0 Å². The predicted octanol–water partition coefficient (Wildman–Crippen LogP) is 6.13. The first-order valence-electron chi connectivity index (χ1n) is 12.4. The van der Waals surface area contributed by atoms with Crippen LogP contribution < -0.4 is 4.90 Å². The number of halogens is 2. The summed E-state index contributed by atoms with van der Waals surface area (Å²) in [5, 5.41) is 0.627. The molecular weight excluding hydrogens is 509 g/mol. The Hall–Kier alpha value is -2.84. The lowest BCUT2D eigenvalue weighted by Crippen LogP contribution is -2.39. The molecule has 3 aromatic carbocycles. The van der Waals surface area contributed by atoms with Crippen LogP contribution in [0.25, 0.3) is 10.2 Å². The molecule has 1 saturated heterocycles. The fourth-order valence-electron chi connectivity index (χ4n) is 4.69. The van der Waals surface area contributed by atoms with Gasteiger partial charge in [-0.05, 0) is 35.7 Å². The first kappa shape index (κ1) is 27.2. The smallest absolute Gasteiger partial charge is 0.229 e. The number of nitrogens with zero attached hydrogens (tertiary/aromatic N) is 3.